The predicted octanol–water partition coefficient (Wildman–Crippen LogP) is 4.58. The molecule has 0 bridgehead atoms. The van der Waals surface area contributed by atoms with Gasteiger partial charge in [-0.15, -0.1) is 35.1 Å². The molecule has 1 aliphatic heterocycles. The standard InChI is InChI=1S/C17H22N2OS2.ClH/c20-17(16-8-6-12-22-16)18-13-14(15-7-5-11-21-15)19-9-3-1-2-4-10-19;/h5-8,11-12,14H,1-4,9-10,13H2,(H,18,20);1H. The number of nitrogens with zero attached hydrogens (tertiary/aromatic N) is 1. The highest BCUT2D eigenvalue weighted by Crippen LogP contribution is 2.27. The Morgan fingerprint density at radius 1 is 1.09 bits per heavy atom. The van der Waals surface area contributed by atoms with Gasteiger partial charge in [-0.25, -0.2) is 0 Å². The van der Waals surface area contributed by atoms with Gasteiger partial charge < -0.3 is 5.32 Å². The molecule has 3 nitrogen and oxygen atoms in total. The van der Waals surface area contributed by atoms with Crippen molar-refractivity contribution in [2.24, 2.45) is 0 Å². The molecule has 1 N–H and O–H groups in total. The first kappa shape index (κ1) is 18.5. The number of hydrogen-bond donors (Lipinski definition) is 1. The molecule has 3 rings (SSSR count). The second kappa shape index (κ2) is 9.42. The Morgan fingerprint density at radius 3 is 2.39 bits per heavy atom. The molecular weight excluding hydrogens is 348 g/mol. The van der Waals surface area contributed by atoms with Gasteiger partial charge in [0.2, 0.25) is 0 Å². The molecule has 126 valence electrons. The molecule has 1 saturated heterocycles. The predicted molar refractivity (Wildman–Crippen MR) is 101 cm³/mol. The van der Waals surface area contributed by atoms with Crippen LogP contribution in [0.25, 0.3) is 0 Å². The Labute approximate surface area is 152 Å². The van der Waals surface area contributed by atoms with Crippen LogP contribution in [0.3, 0.4) is 0 Å². The highest BCUT2D eigenvalue weighted by atomic mass is 35.5. The fourth-order valence-electron chi connectivity index (χ4n) is 2.98. The minimum atomic E-state index is 0. The molecule has 1 fully saturated rings. The third-order valence-electron chi connectivity index (χ3n) is 4.15. The highest BCUT2D eigenvalue weighted by Gasteiger charge is 2.23. The summed E-state index contributed by atoms with van der Waals surface area (Å²) in [5, 5.41) is 7.20. The second-order valence-corrected chi connectivity index (χ2v) is 7.60. The van der Waals surface area contributed by atoms with Gasteiger partial charge >= 0.3 is 0 Å². The fraction of sp³-hybridized carbons (Fsp3) is 0.471. The Morgan fingerprint density at radius 2 is 1.78 bits per heavy atom. The van der Waals surface area contributed by atoms with Crippen LogP contribution in [0, 0.1) is 0 Å². The first-order chi connectivity index (χ1) is 10.8. The molecule has 0 spiro atoms. The number of amides is 1. The normalized spacial score (nSPS) is 17.0. The summed E-state index contributed by atoms with van der Waals surface area (Å²) in [6.45, 7) is 2.96. The minimum Gasteiger partial charge on any atom is -0.349 e. The SMILES string of the molecule is Cl.O=C(NCC(c1cccs1)N1CCCCCC1)c1cccs1. The number of hydrogen-bond acceptors (Lipinski definition) is 4. The third-order valence-corrected chi connectivity index (χ3v) is 6.00. The molecule has 1 unspecified atom stereocenters. The number of nitrogens with one attached hydrogen (secondary N) is 1. The van der Waals surface area contributed by atoms with Crippen molar-refractivity contribution in [3.63, 3.8) is 0 Å². The first-order valence-electron chi connectivity index (χ1n) is 7.94. The van der Waals surface area contributed by atoms with Crippen LogP contribution in [-0.4, -0.2) is 30.4 Å². The van der Waals surface area contributed by atoms with Gasteiger partial charge in [-0.2, -0.15) is 0 Å². The largest absolute Gasteiger partial charge is 0.349 e. The lowest BCUT2D eigenvalue weighted by Gasteiger charge is -2.30. The van der Waals surface area contributed by atoms with E-state index in [1.807, 2.05) is 17.5 Å². The molecule has 0 radical (unpaired) electrons. The maximum absolute atomic E-state index is 12.2. The highest BCUT2D eigenvalue weighted by molar-refractivity contribution is 7.12. The zero-order chi connectivity index (χ0) is 15.2. The van der Waals surface area contributed by atoms with Crippen molar-refractivity contribution in [2.45, 2.75) is 31.7 Å². The summed E-state index contributed by atoms with van der Waals surface area (Å²) in [5.74, 6) is 0.0476. The van der Waals surface area contributed by atoms with Crippen molar-refractivity contribution in [1.29, 1.82) is 0 Å². The molecule has 23 heavy (non-hydrogen) atoms. The number of halogens is 1. The van der Waals surface area contributed by atoms with E-state index in [0.717, 1.165) is 18.0 Å². The van der Waals surface area contributed by atoms with Gasteiger partial charge in [-0.3, -0.25) is 9.69 Å². The van der Waals surface area contributed by atoms with Gasteiger partial charge in [-0.05, 0) is 48.8 Å². The van der Waals surface area contributed by atoms with Gasteiger partial charge in [0, 0.05) is 11.4 Å². The summed E-state index contributed by atoms with van der Waals surface area (Å²) in [5.41, 5.74) is 0. The van der Waals surface area contributed by atoms with Crippen molar-refractivity contribution >= 4 is 41.0 Å². The molecule has 1 amide bonds. The van der Waals surface area contributed by atoms with Crippen molar-refractivity contribution in [1.82, 2.24) is 10.2 Å². The Balaban J connectivity index is 0.00000192. The van der Waals surface area contributed by atoms with Crippen molar-refractivity contribution < 1.29 is 4.79 Å². The molecule has 1 atom stereocenters. The molecule has 0 saturated carbocycles. The Bertz CT molecular complexity index is 563. The fourth-order valence-corrected chi connectivity index (χ4v) is 4.48. The van der Waals surface area contributed by atoms with E-state index in [1.165, 1.54) is 41.9 Å². The summed E-state index contributed by atoms with van der Waals surface area (Å²) in [4.78, 5) is 16.9. The smallest absolute Gasteiger partial charge is 0.261 e. The maximum atomic E-state index is 12.2. The van der Waals surface area contributed by atoms with E-state index >= 15 is 0 Å². The zero-order valence-corrected chi connectivity index (χ0v) is 15.5. The number of carbonyl (C=O) groups is 1. The van der Waals surface area contributed by atoms with E-state index in [2.05, 4.69) is 27.7 Å². The molecule has 2 aromatic heterocycles. The summed E-state index contributed by atoms with van der Waals surface area (Å²) in [6, 6.07) is 8.41. The summed E-state index contributed by atoms with van der Waals surface area (Å²) in [7, 11) is 0. The monoisotopic (exact) mass is 370 g/mol. The van der Waals surface area contributed by atoms with Crippen LogP contribution < -0.4 is 5.32 Å². The summed E-state index contributed by atoms with van der Waals surface area (Å²) < 4.78 is 0. The maximum Gasteiger partial charge on any atom is 0.261 e. The lowest BCUT2D eigenvalue weighted by molar-refractivity contribution is 0.0938. The van der Waals surface area contributed by atoms with Gasteiger partial charge in [0.15, 0.2) is 0 Å². The minimum absolute atomic E-state index is 0. The van der Waals surface area contributed by atoms with E-state index < -0.39 is 0 Å². The molecule has 3 heterocycles. The summed E-state index contributed by atoms with van der Waals surface area (Å²) >= 11 is 3.29. The van der Waals surface area contributed by atoms with Crippen LogP contribution in [0.2, 0.25) is 0 Å². The molecule has 0 aromatic carbocycles. The molecule has 2 aromatic rings. The number of likely N-dealkylation sites (tertiary alicyclic amines) is 1. The lowest BCUT2D eigenvalue weighted by atomic mass is 10.2. The molecule has 6 heteroatoms. The van der Waals surface area contributed by atoms with Gasteiger partial charge in [-0.1, -0.05) is 25.0 Å². The van der Waals surface area contributed by atoms with Crippen LogP contribution in [0.5, 0.6) is 0 Å². The Hall–Kier alpha value is -0.880. The topological polar surface area (TPSA) is 32.3 Å². The van der Waals surface area contributed by atoms with Crippen molar-refractivity contribution in [3.05, 3.63) is 44.8 Å². The second-order valence-electron chi connectivity index (χ2n) is 5.67. The van der Waals surface area contributed by atoms with Gasteiger partial charge in [0.1, 0.15) is 0 Å². The molecule has 1 aliphatic rings. The number of carbonyl (C=O) groups excluding carboxylic acids is 1. The first-order valence-corrected chi connectivity index (χ1v) is 9.69. The van der Waals surface area contributed by atoms with Crippen LogP contribution in [0.1, 0.15) is 46.3 Å². The van der Waals surface area contributed by atoms with Crippen molar-refractivity contribution in [3.8, 4) is 0 Å². The van der Waals surface area contributed by atoms with E-state index in [-0.39, 0.29) is 18.3 Å². The lowest BCUT2D eigenvalue weighted by Crippen LogP contribution is -2.38. The van der Waals surface area contributed by atoms with E-state index in [4.69, 9.17) is 0 Å². The van der Waals surface area contributed by atoms with Gasteiger partial charge in [0.05, 0.1) is 10.9 Å². The van der Waals surface area contributed by atoms with E-state index in [9.17, 15) is 4.79 Å². The zero-order valence-electron chi connectivity index (χ0n) is 13.1. The Kier molecular flexibility index (Phi) is 7.56. The molecular formula is C17H23ClN2OS2. The number of rotatable bonds is 5. The van der Waals surface area contributed by atoms with Crippen LogP contribution in [-0.2, 0) is 0 Å². The van der Waals surface area contributed by atoms with Crippen LogP contribution >= 0.6 is 35.1 Å². The van der Waals surface area contributed by atoms with E-state index in [0.29, 0.717) is 12.6 Å². The number of thiophene rings is 2. The third kappa shape index (κ3) is 5.05. The van der Waals surface area contributed by atoms with E-state index in [1.54, 1.807) is 11.3 Å². The average Bonchev–Trinajstić information content (AvgIpc) is 3.18. The quantitative estimate of drug-likeness (QED) is 0.835. The summed E-state index contributed by atoms with van der Waals surface area (Å²) in [6.07, 6.45) is 5.19. The van der Waals surface area contributed by atoms with Crippen LogP contribution in [0.15, 0.2) is 35.0 Å². The van der Waals surface area contributed by atoms with Crippen molar-refractivity contribution in [2.75, 3.05) is 19.6 Å². The average molecular weight is 371 g/mol. The molecule has 0 aliphatic carbocycles. The van der Waals surface area contributed by atoms with Crippen LogP contribution in [0.4, 0.5) is 0 Å². The van der Waals surface area contributed by atoms with Gasteiger partial charge in [0.25, 0.3) is 5.91 Å².